The van der Waals surface area contributed by atoms with Crippen molar-refractivity contribution in [2.45, 2.75) is 65.3 Å². The minimum Gasteiger partial charge on any atom is -0.497 e. The van der Waals surface area contributed by atoms with Crippen LogP contribution in [0.25, 0.3) is 0 Å². The number of esters is 1. The van der Waals surface area contributed by atoms with Crippen LogP contribution in [0.15, 0.2) is 36.0 Å². The van der Waals surface area contributed by atoms with Crippen LogP contribution in [0.1, 0.15) is 64.4 Å². The van der Waals surface area contributed by atoms with Gasteiger partial charge in [-0.1, -0.05) is 31.6 Å². The van der Waals surface area contributed by atoms with Gasteiger partial charge in [-0.25, -0.2) is 0 Å². The zero-order valence-electron chi connectivity index (χ0n) is 21.8. The molecule has 0 unspecified atom stereocenters. The Morgan fingerprint density at radius 3 is 2.58 bits per heavy atom. The third kappa shape index (κ3) is 6.27. The van der Waals surface area contributed by atoms with Gasteiger partial charge in [-0.3, -0.25) is 14.4 Å². The lowest BCUT2D eigenvalue weighted by atomic mass is 9.68. The quantitative estimate of drug-likeness (QED) is 0.307. The largest absolute Gasteiger partial charge is 0.497 e. The molecule has 1 heterocycles. The van der Waals surface area contributed by atoms with E-state index in [2.05, 4.69) is 12.2 Å². The number of nitrogens with zero attached hydrogens (tertiary/aromatic N) is 1. The van der Waals surface area contributed by atoms with Gasteiger partial charge in [0.2, 0.25) is 11.8 Å². The second-order valence-electron chi connectivity index (χ2n) is 9.37. The maximum absolute atomic E-state index is 13.8. The predicted molar refractivity (Wildman–Crippen MR) is 136 cm³/mol. The van der Waals surface area contributed by atoms with Crippen LogP contribution >= 0.6 is 0 Å². The van der Waals surface area contributed by atoms with E-state index in [0.717, 1.165) is 43.6 Å². The molecule has 1 aliphatic heterocycles. The van der Waals surface area contributed by atoms with E-state index in [0.29, 0.717) is 38.2 Å². The van der Waals surface area contributed by atoms with Crippen LogP contribution in [0.3, 0.4) is 0 Å². The van der Waals surface area contributed by atoms with E-state index in [9.17, 15) is 14.4 Å². The SMILES string of the molecule is CCCCOCCCNC(=O)C[C@H]1C(=O)N(Cc2ccc(OC)cc2)C2=CCCC[C@@]21C(=O)OCC. The standard InChI is InChI=1S/C28H40N2O6/c1-4-6-17-35-18-9-16-29-25(31)19-23-26(32)30(20-21-11-13-22(34-3)14-12-21)24-10-7-8-15-28(23,24)27(33)36-5-2/h10-14,23H,4-9,15-20H2,1-3H3,(H,29,31)/t23-,28-/m0/s1. The first kappa shape index (κ1) is 27.7. The third-order valence-electron chi connectivity index (χ3n) is 6.98. The summed E-state index contributed by atoms with van der Waals surface area (Å²) in [7, 11) is 1.61. The van der Waals surface area contributed by atoms with Crippen molar-refractivity contribution in [1.29, 1.82) is 0 Å². The molecule has 0 saturated carbocycles. The van der Waals surface area contributed by atoms with Gasteiger partial charge in [0.1, 0.15) is 11.2 Å². The number of hydrogen-bond donors (Lipinski definition) is 1. The number of fused-ring (bicyclic) bond motifs is 1. The first-order valence-corrected chi connectivity index (χ1v) is 13.1. The Morgan fingerprint density at radius 2 is 1.89 bits per heavy atom. The summed E-state index contributed by atoms with van der Waals surface area (Å²) in [5.41, 5.74) is 0.468. The lowest BCUT2D eigenvalue weighted by Crippen LogP contribution is -2.43. The van der Waals surface area contributed by atoms with Gasteiger partial charge in [-0.15, -0.1) is 0 Å². The number of hydrogen-bond acceptors (Lipinski definition) is 6. The Hall–Kier alpha value is -2.87. The molecule has 198 valence electrons. The average molecular weight is 501 g/mol. The Kier molecular flexibility index (Phi) is 10.3. The van der Waals surface area contributed by atoms with Crippen molar-refractivity contribution in [3.63, 3.8) is 0 Å². The number of benzene rings is 1. The number of carbonyl (C=O) groups excluding carboxylic acids is 3. The smallest absolute Gasteiger partial charge is 0.318 e. The highest BCUT2D eigenvalue weighted by molar-refractivity contribution is 5.99. The molecular weight excluding hydrogens is 460 g/mol. The summed E-state index contributed by atoms with van der Waals surface area (Å²) in [6, 6.07) is 7.51. The molecule has 8 heteroatoms. The van der Waals surface area contributed by atoms with E-state index in [-0.39, 0.29) is 24.8 Å². The molecule has 1 aromatic carbocycles. The number of ether oxygens (including phenoxy) is 3. The van der Waals surface area contributed by atoms with E-state index >= 15 is 0 Å². The van der Waals surface area contributed by atoms with Crippen LogP contribution in [-0.2, 0) is 30.4 Å². The van der Waals surface area contributed by atoms with Crippen molar-refractivity contribution < 1.29 is 28.6 Å². The van der Waals surface area contributed by atoms with Crippen molar-refractivity contribution in [2.75, 3.05) is 33.5 Å². The normalized spacial score (nSPS) is 21.1. The Morgan fingerprint density at radius 1 is 1.14 bits per heavy atom. The molecule has 36 heavy (non-hydrogen) atoms. The summed E-state index contributed by atoms with van der Waals surface area (Å²) in [5, 5.41) is 2.91. The molecule has 2 amide bonds. The minimum atomic E-state index is -1.13. The topological polar surface area (TPSA) is 94.2 Å². The molecule has 1 aromatic rings. The first-order valence-electron chi connectivity index (χ1n) is 13.1. The first-order chi connectivity index (χ1) is 17.5. The number of carbonyl (C=O) groups is 3. The number of likely N-dealkylation sites (tertiary alicyclic amines) is 1. The van der Waals surface area contributed by atoms with Gasteiger partial charge in [0.15, 0.2) is 0 Å². The number of methoxy groups -OCH3 is 1. The zero-order valence-corrected chi connectivity index (χ0v) is 21.8. The Labute approximate surface area is 214 Å². The molecule has 1 fully saturated rings. The zero-order chi connectivity index (χ0) is 26.0. The second kappa shape index (κ2) is 13.4. The maximum Gasteiger partial charge on any atom is 0.318 e. The van der Waals surface area contributed by atoms with Crippen LogP contribution in [0.4, 0.5) is 0 Å². The van der Waals surface area contributed by atoms with Gasteiger partial charge in [0.25, 0.3) is 0 Å². The molecule has 1 saturated heterocycles. The molecule has 0 bridgehead atoms. The molecule has 0 aromatic heterocycles. The molecule has 0 spiro atoms. The highest BCUT2D eigenvalue weighted by atomic mass is 16.5. The summed E-state index contributed by atoms with van der Waals surface area (Å²) in [5.74, 6) is -0.910. The maximum atomic E-state index is 13.8. The number of nitrogens with one attached hydrogen (secondary N) is 1. The van der Waals surface area contributed by atoms with Crippen molar-refractivity contribution in [1.82, 2.24) is 10.2 Å². The number of amides is 2. The van der Waals surface area contributed by atoms with Gasteiger partial charge in [-0.05, 0) is 56.7 Å². The minimum absolute atomic E-state index is 0.0508. The van der Waals surface area contributed by atoms with Crippen molar-refractivity contribution in [3.05, 3.63) is 41.6 Å². The highest BCUT2D eigenvalue weighted by Crippen LogP contribution is 2.54. The van der Waals surface area contributed by atoms with Crippen LogP contribution in [0.2, 0.25) is 0 Å². The van der Waals surface area contributed by atoms with Crippen LogP contribution in [-0.4, -0.2) is 56.2 Å². The van der Waals surface area contributed by atoms with Gasteiger partial charge in [-0.2, -0.15) is 0 Å². The predicted octanol–water partition coefficient (Wildman–Crippen LogP) is 3.98. The van der Waals surface area contributed by atoms with Gasteiger partial charge in [0.05, 0.1) is 26.2 Å². The molecule has 1 N–H and O–H groups in total. The van der Waals surface area contributed by atoms with Crippen molar-refractivity contribution in [3.8, 4) is 5.75 Å². The molecular formula is C28H40N2O6. The molecule has 1 aliphatic carbocycles. The summed E-state index contributed by atoms with van der Waals surface area (Å²) < 4.78 is 16.3. The van der Waals surface area contributed by atoms with Crippen molar-refractivity contribution in [2.24, 2.45) is 11.3 Å². The Bertz CT molecular complexity index is 928. The number of allylic oxidation sites excluding steroid dienone is 1. The van der Waals surface area contributed by atoms with Gasteiger partial charge in [0, 0.05) is 31.9 Å². The van der Waals surface area contributed by atoms with E-state index in [1.54, 1.807) is 18.9 Å². The van der Waals surface area contributed by atoms with Crippen LogP contribution < -0.4 is 10.1 Å². The van der Waals surface area contributed by atoms with E-state index in [4.69, 9.17) is 14.2 Å². The fraction of sp³-hybridized carbons (Fsp3) is 0.607. The number of unbranched alkanes of at least 4 members (excludes halogenated alkanes) is 1. The number of rotatable bonds is 14. The monoisotopic (exact) mass is 500 g/mol. The second-order valence-corrected chi connectivity index (χ2v) is 9.37. The Balaban J connectivity index is 1.76. The molecule has 3 rings (SSSR count). The summed E-state index contributed by atoms with van der Waals surface area (Å²) in [6.07, 6.45) is 6.77. The van der Waals surface area contributed by atoms with Crippen LogP contribution in [0.5, 0.6) is 5.75 Å². The van der Waals surface area contributed by atoms with Crippen molar-refractivity contribution >= 4 is 17.8 Å². The lowest BCUT2D eigenvalue weighted by Gasteiger charge is -2.35. The molecule has 0 radical (unpaired) electrons. The molecule has 2 atom stereocenters. The lowest BCUT2D eigenvalue weighted by molar-refractivity contribution is -0.158. The summed E-state index contributed by atoms with van der Waals surface area (Å²) >= 11 is 0. The van der Waals surface area contributed by atoms with E-state index in [1.807, 2.05) is 30.3 Å². The summed E-state index contributed by atoms with van der Waals surface area (Å²) in [4.78, 5) is 41.8. The summed E-state index contributed by atoms with van der Waals surface area (Å²) in [6.45, 7) is 6.19. The average Bonchev–Trinajstić information content (AvgIpc) is 3.12. The fourth-order valence-corrected chi connectivity index (χ4v) is 5.11. The van der Waals surface area contributed by atoms with E-state index < -0.39 is 17.3 Å². The fourth-order valence-electron chi connectivity index (χ4n) is 5.11. The molecule has 2 aliphatic rings. The molecule has 8 nitrogen and oxygen atoms in total. The van der Waals surface area contributed by atoms with E-state index in [1.165, 1.54) is 0 Å². The van der Waals surface area contributed by atoms with Gasteiger partial charge >= 0.3 is 5.97 Å². The third-order valence-corrected chi connectivity index (χ3v) is 6.98. The van der Waals surface area contributed by atoms with Gasteiger partial charge < -0.3 is 24.4 Å². The van der Waals surface area contributed by atoms with Crippen LogP contribution in [0, 0.1) is 11.3 Å². The highest BCUT2D eigenvalue weighted by Gasteiger charge is 2.62.